The second kappa shape index (κ2) is 9.88. The largest absolute Gasteiger partial charge is 0.492 e. The summed E-state index contributed by atoms with van der Waals surface area (Å²) in [6.07, 6.45) is 6.73. The minimum atomic E-state index is -0.378. The number of carbonyl (C=O) groups excluding carboxylic acids is 2. The van der Waals surface area contributed by atoms with Crippen LogP contribution in [0.25, 0.3) is 0 Å². The maximum Gasteiger partial charge on any atom is 0.274 e. The van der Waals surface area contributed by atoms with Gasteiger partial charge in [0.25, 0.3) is 11.8 Å². The lowest BCUT2D eigenvalue weighted by molar-refractivity contribution is 0.0928. The molecule has 1 aliphatic carbocycles. The van der Waals surface area contributed by atoms with Gasteiger partial charge in [-0.05, 0) is 44.0 Å². The Bertz CT molecular complexity index is 814. The van der Waals surface area contributed by atoms with Gasteiger partial charge in [-0.3, -0.25) is 9.59 Å². The van der Waals surface area contributed by atoms with E-state index in [1.54, 1.807) is 30.3 Å². The third-order valence-corrected chi connectivity index (χ3v) is 4.84. The van der Waals surface area contributed by atoms with Crippen LogP contribution in [-0.2, 0) is 0 Å². The van der Waals surface area contributed by atoms with Gasteiger partial charge in [0, 0.05) is 6.04 Å². The van der Waals surface area contributed by atoms with E-state index in [2.05, 4.69) is 15.6 Å². The van der Waals surface area contributed by atoms with Crippen LogP contribution in [0.2, 0.25) is 0 Å². The summed E-state index contributed by atoms with van der Waals surface area (Å²) in [5, 5.41) is 5.87. The molecular weight excluding hydrogens is 354 g/mol. The Morgan fingerprint density at radius 1 is 0.964 bits per heavy atom. The van der Waals surface area contributed by atoms with E-state index in [1.165, 1.54) is 12.8 Å². The molecule has 0 radical (unpaired) electrons. The number of hydrogen-bond donors (Lipinski definition) is 2. The summed E-state index contributed by atoms with van der Waals surface area (Å²) >= 11 is 0. The fourth-order valence-electron chi connectivity index (χ4n) is 3.41. The van der Waals surface area contributed by atoms with Crippen LogP contribution in [0.4, 0.5) is 5.69 Å². The van der Waals surface area contributed by atoms with Crippen molar-refractivity contribution in [2.45, 2.75) is 51.5 Å². The Morgan fingerprint density at radius 2 is 1.64 bits per heavy atom. The Kier molecular flexibility index (Phi) is 7.00. The first-order valence-electron chi connectivity index (χ1n) is 9.98. The van der Waals surface area contributed by atoms with Gasteiger partial charge >= 0.3 is 0 Å². The summed E-state index contributed by atoms with van der Waals surface area (Å²) in [6.45, 7) is 2.39. The van der Waals surface area contributed by atoms with Gasteiger partial charge in [0.05, 0.1) is 12.3 Å². The van der Waals surface area contributed by atoms with Crippen LogP contribution in [0.15, 0.2) is 42.5 Å². The number of nitrogens with zero attached hydrogens (tertiary/aromatic N) is 1. The predicted molar refractivity (Wildman–Crippen MR) is 109 cm³/mol. The number of para-hydroxylation sites is 2. The first-order valence-corrected chi connectivity index (χ1v) is 9.98. The summed E-state index contributed by atoms with van der Waals surface area (Å²) in [4.78, 5) is 29.5. The zero-order valence-electron chi connectivity index (χ0n) is 16.2. The molecule has 6 heteroatoms. The number of carbonyl (C=O) groups is 2. The zero-order valence-corrected chi connectivity index (χ0v) is 16.2. The van der Waals surface area contributed by atoms with Gasteiger partial charge in [-0.1, -0.05) is 43.9 Å². The third-order valence-electron chi connectivity index (χ3n) is 4.84. The molecule has 2 aromatic rings. The van der Waals surface area contributed by atoms with E-state index in [4.69, 9.17) is 4.74 Å². The average Bonchev–Trinajstić information content (AvgIpc) is 2.98. The molecule has 1 heterocycles. The predicted octanol–water partition coefficient (Wildman–Crippen LogP) is 4.19. The minimum Gasteiger partial charge on any atom is -0.492 e. The van der Waals surface area contributed by atoms with E-state index >= 15 is 0 Å². The molecule has 1 saturated carbocycles. The SMILES string of the molecule is CCOc1ccccc1NC(=O)c1cccc(C(=O)NC2CCCCCC2)n1. The van der Waals surface area contributed by atoms with Crippen molar-refractivity contribution in [3.8, 4) is 5.75 Å². The number of benzene rings is 1. The molecule has 0 bridgehead atoms. The number of pyridine rings is 1. The first-order chi connectivity index (χ1) is 13.7. The van der Waals surface area contributed by atoms with E-state index in [1.807, 2.05) is 19.1 Å². The van der Waals surface area contributed by atoms with Crippen molar-refractivity contribution in [3.63, 3.8) is 0 Å². The third kappa shape index (κ3) is 5.31. The Balaban J connectivity index is 1.68. The number of hydrogen-bond acceptors (Lipinski definition) is 4. The topological polar surface area (TPSA) is 80.3 Å². The first kappa shape index (κ1) is 19.9. The van der Waals surface area contributed by atoms with E-state index in [0.717, 1.165) is 25.7 Å². The molecule has 0 unspecified atom stereocenters. The van der Waals surface area contributed by atoms with Crippen LogP contribution >= 0.6 is 0 Å². The highest BCUT2D eigenvalue weighted by Gasteiger charge is 2.18. The van der Waals surface area contributed by atoms with Crippen molar-refractivity contribution in [3.05, 3.63) is 53.9 Å². The molecule has 0 atom stereocenters. The van der Waals surface area contributed by atoms with E-state index in [9.17, 15) is 9.59 Å². The van der Waals surface area contributed by atoms with Crippen LogP contribution in [0, 0.1) is 0 Å². The number of nitrogens with one attached hydrogen (secondary N) is 2. The summed E-state index contributed by atoms with van der Waals surface area (Å²) < 4.78 is 5.53. The van der Waals surface area contributed by atoms with Crippen molar-refractivity contribution >= 4 is 17.5 Å². The molecule has 1 aromatic heterocycles. The van der Waals surface area contributed by atoms with Gasteiger partial charge in [0.15, 0.2) is 0 Å². The highest BCUT2D eigenvalue weighted by atomic mass is 16.5. The highest BCUT2D eigenvalue weighted by Crippen LogP contribution is 2.24. The molecule has 6 nitrogen and oxygen atoms in total. The van der Waals surface area contributed by atoms with Crippen molar-refractivity contribution < 1.29 is 14.3 Å². The molecule has 0 saturated heterocycles. The summed E-state index contributed by atoms with van der Waals surface area (Å²) in [5.41, 5.74) is 1.03. The standard InChI is InChI=1S/C22H27N3O3/c1-2-28-20-15-8-7-12-17(20)25-22(27)19-14-9-13-18(24-19)21(26)23-16-10-5-3-4-6-11-16/h7-9,12-16H,2-6,10-11H2,1H3,(H,23,26)(H,25,27). The minimum absolute atomic E-state index is 0.187. The van der Waals surface area contributed by atoms with Gasteiger partial charge in [-0.2, -0.15) is 0 Å². The molecule has 1 aliphatic rings. The zero-order chi connectivity index (χ0) is 19.8. The van der Waals surface area contributed by atoms with E-state index < -0.39 is 0 Å². The maximum absolute atomic E-state index is 12.6. The second-order valence-electron chi connectivity index (χ2n) is 6.95. The molecule has 0 aliphatic heterocycles. The fourth-order valence-corrected chi connectivity index (χ4v) is 3.41. The van der Waals surface area contributed by atoms with Gasteiger partial charge in [0.1, 0.15) is 17.1 Å². The van der Waals surface area contributed by atoms with Crippen molar-refractivity contribution in [2.24, 2.45) is 0 Å². The summed E-state index contributed by atoms with van der Waals surface area (Å²) in [5.74, 6) is -0.00635. The molecule has 148 valence electrons. The Morgan fingerprint density at radius 3 is 2.36 bits per heavy atom. The van der Waals surface area contributed by atoms with Crippen LogP contribution in [-0.4, -0.2) is 29.4 Å². The van der Waals surface area contributed by atoms with Gasteiger partial charge in [0.2, 0.25) is 0 Å². The van der Waals surface area contributed by atoms with Gasteiger partial charge in [-0.25, -0.2) is 4.98 Å². The molecule has 1 aromatic carbocycles. The molecule has 2 amide bonds. The number of ether oxygens (including phenoxy) is 1. The molecular formula is C22H27N3O3. The lowest BCUT2D eigenvalue weighted by Crippen LogP contribution is -2.35. The number of amides is 2. The summed E-state index contributed by atoms with van der Waals surface area (Å²) in [6, 6.07) is 12.3. The maximum atomic E-state index is 12.6. The highest BCUT2D eigenvalue weighted by molar-refractivity contribution is 6.04. The second-order valence-corrected chi connectivity index (χ2v) is 6.95. The molecule has 28 heavy (non-hydrogen) atoms. The number of aromatic nitrogens is 1. The summed E-state index contributed by atoms with van der Waals surface area (Å²) in [7, 11) is 0. The van der Waals surface area contributed by atoms with Gasteiger partial charge < -0.3 is 15.4 Å². The van der Waals surface area contributed by atoms with E-state index in [-0.39, 0.29) is 29.2 Å². The fraction of sp³-hybridized carbons (Fsp3) is 0.409. The molecule has 0 spiro atoms. The molecule has 3 rings (SSSR count). The monoisotopic (exact) mass is 381 g/mol. The Hall–Kier alpha value is -2.89. The van der Waals surface area contributed by atoms with E-state index in [0.29, 0.717) is 18.0 Å². The number of anilines is 1. The average molecular weight is 381 g/mol. The van der Waals surface area contributed by atoms with Crippen LogP contribution < -0.4 is 15.4 Å². The Labute approximate surface area is 165 Å². The van der Waals surface area contributed by atoms with Crippen LogP contribution in [0.5, 0.6) is 5.75 Å². The normalized spacial score (nSPS) is 14.8. The van der Waals surface area contributed by atoms with Crippen molar-refractivity contribution in [1.82, 2.24) is 10.3 Å². The van der Waals surface area contributed by atoms with Crippen LogP contribution in [0.1, 0.15) is 66.4 Å². The van der Waals surface area contributed by atoms with Crippen molar-refractivity contribution in [2.75, 3.05) is 11.9 Å². The van der Waals surface area contributed by atoms with Gasteiger partial charge in [-0.15, -0.1) is 0 Å². The quantitative estimate of drug-likeness (QED) is 0.736. The lowest BCUT2D eigenvalue weighted by Gasteiger charge is -2.16. The number of rotatable bonds is 6. The van der Waals surface area contributed by atoms with Crippen LogP contribution in [0.3, 0.4) is 0 Å². The smallest absolute Gasteiger partial charge is 0.274 e. The molecule has 1 fully saturated rings. The van der Waals surface area contributed by atoms with Crippen molar-refractivity contribution in [1.29, 1.82) is 0 Å². The molecule has 2 N–H and O–H groups in total. The lowest BCUT2D eigenvalue weighted by atomic mass is 10.1.